The minimum Gasteiger partial charge on any atom is -0.389 e. The average molecular weight is 640 g/mol. The summed E-state index contributed by atoms with van der Waals surface area (Å²) in [5.74, 6) is 1.62. The summed E-state index contributed by atoms with van der Waals surface area (Å²) >= 11 is 1.39. The zero-order valence-electron chi connectivity index (χ0n) is 26.6. The molecular weight excluding hydrogens is 590 g/mol. The SMILES string of the molecule is C#CC[C@H](O)[C@H](O)[C@H](CC1CCCCC1)NC(=O)[C@H](Cc1cscn1)NC(=O)CCC(=O)N(C)CCN(C)Cc1ccccc1. The van der Waals surface area contributed by atoms with Gasteiger partial charge in [0.1, 0.15) is 12.1 Å². The van der Waals surface area contributed by atoms with Crippen molar-refractivity contribution in [2.75, 3.05) is 27.2 Å². The molecule has 2 aromatic rings. The smallest absolute Gasteiger partial charge is 0.243 e. The molecule has 246 valence electrons. The molecular formula is C34H49N5O5S. The van der Waals surface area contributed by atoms with Crippen molar-refractivity contribution < 1.29 is 24.6 Å². The Kier molecular flexibility index (Phi) is 15.5. The second-order valence-electron chi connectivity index (χ2n) is 12.2. The molecule has 3 amide bonds. The number of aliphatic hydroxyl groups excluding tert-OH is 2. The number of nitrogens with zero attached hydrogens (tertiary/aromatic N) is 3. The lowest BCUT2D eigenvalue weighted by molar-refractivity contribution is -0.133. The van der Waals surface area contributed by atoms with Gasteiger partial charge >= 0.3 is 0 Å². The fourth-order valence-electron chi connectivity index (χ4n) is 5.71. The molecule has 0 spiro atoms. The number of carbonyl (C=O) groups excluding carboxylic acids is 3. The molecule has 4 N–H and O–H groups in total. The van der Waals surface area contributed by atoms with Crippen LogP contribution in [0, 0.1) is 18.3 Å². The summed E-state index contributed by atoms with van der Waals surface area (Å²) < 4.78 is 0. The van der Waals surface area contributed by atoms with Crippen molar-refractivity contribution in [3.63, 3.8) is 0 Å². The Morgan fingerprint density at radius 2 is 1.80 bits per heavy atom. The highest BCUT2D eigenvalue weighted by molar-refractivity contribution is 7.07. The molecule has 0 aliphatic heterocycles. The van der Waals surface area contributed by atoms with Crippen molar-refractivity contribution in [2.24, 2.45) is 5.92 Å². The average Bonchev–Trinajstić information content (AvgIpc) is 3.55. The van der Waals surface area contributed by atoms with Crippen molar-refractivity contribution in [3.8, 4) is 12.3 Å². The van der Waals surface area contributed by atoms with Gasteiger partial charge in [-0.3, -0.25) is 14.4 Å². The fourth-order valence-corrected chi connectivity index (χ4v) is 6.28. The molecule has 0 radical (unpaired) electrons. The van der Waals surface area contributed by atoms with Crippen LogP contribution in [0.15, 0.2) is 41.2 Å². The van der Waals surface area contributed by atoms with Gasteiger partial charge in [0.2, 0.25) is 17.7 Å². The van der Waals surface area contributed by atoms with Crippen LogP contribution in [0.25, 0.3) is 0 Å². The van der Waals surface area contributed by atoms with Gasteiger partial charge in [0, 0.05) is 57.7 Å². The lowest BCUT2D eigenvalue weighted by Crippen LogP contribution is -2.55. The Morgan fingerprint density at radius 1 is 1.07 bits per heavy atom. The van der Waals surface area contributed by atoms with Gasteiger partial charge in [-0.1, -0.05) is 62.4 Å². The molecule has 45 heavy (non-hydrogen) atoms. The number of nitrogens with one attached hydrogen (secondary N) is 2. The number of amides is 3. The lowest BCUT2D eigenvalue weighted by atomic mass is 9.82. The minimum atomic E-state index is -1.25. The van der Waals surface area contributed by atoms with Gasteiger partial charge in [-0.25, -0.2) is 4.98 Å². The highest BCUT2D eigenvalue weighted by Gasteiger charge is 2.33. The summed E-state index contributed by atoms with van der Waals surface area (Å²) in [5, 5.41) is 28.9. The minimum absolute atomic E-state index is 0.0110. The first-order valence-electron chi connectivity index (χ1n) is 15.9. The Hall–Kier alpha value is -3.30. The van der Waals surface area contributed by atoms with E-state index in [1.807, 2.05) is 30.6 Å². The number of aliphatic hydroxyl groups is 2. The number of carbonyl (C=O) groups is 3. The summed E-state index contributed by atoms with van der Waals surface area (Å²) in [5.41, 5.74) is 3.50. The molecule has 11 heteroatoms. The molecule has 1 aromatic heterocycles. The lowest BCUT2D eigenvalue weighted by Gasteiger charge is -2.33. The van der Waals surface area contributed by atoms with Crippen molar-refractivity contribution in [3.05, 3.63) is 52.5 Å². The summed E-state index contributed by atoms with van der Waals surface area (Å²) in [6.07, 6.45) is 8.84. The van der Waals surface area contributed by atoms with E-state index >= 15 is 0 Å². The maximum Gasteiger partial charge on any atom is 0.243 e. The molecule has 4 atom stereocenters. The maximum atomic E-state index is 13.6. The number of hydrogen-bond donors (Lipinski definition) is 4. The topological polar surface area (TPSA) is 135 Å². The van der Waals surface area contributed by atoms with Crippen LogP contribution in [0.5, 0.6) is 0 Å². The number of aromatic nitrogens is 1. The van der Waals surface area contributed by atoms with Crippen molar-refractivity contribution >= 4 is 29.1 Å². The number of hydrogen-bond acceptors (Lipinski definition) is 8. The molecule has 1 aliphatic carbocycles. The summed E-state index contributed by atoms with van der Waals surface area (Å²) in [6.45, 7) is 1.98. The van der Waals surface area contributed by atoms with Crippen molar-refractivity contribution in [1.29, 1.82) is 0 Å². The van der Waals surface area contributed by atoms with Gasteiger partial charge in [-0.15, -0.1) is 23.7 Å². The Labute approximate surface area is 271 Å². The van der Waals surface area contributed by atoms with E-state index in [1.54, 1.807) is 17.5 Å². The quantitative estimate of drug-likeness (QED) is 0.184. The van der Waals surface area contributed by atoms with E-state index in [4.69, 9.17) is 6.42 Å². The van der Waals surface area contributed by atoms with E-state index in [0.717, 1.165) is 32.2 Å². The van der Waals surface area contributed by atoms with Crippen LogP contribution in [-0.2, 0) is 27.3 Å². The second kappa shape index (κ2) is 19.3. The third kappa shape index (κ3) is 12.9. The number of benzene rings is 1. The predicted octanol–water partition coefficient (Wildman–Crippen LogP) is 2.74. The highest BCUT2D eigenvalue weighted by atomic mass is 32.1. The standard InChI is InChI=1S/C34H49N5O5S/c1-4-11-30(40)33(43)28(20-25-12-7-5-8-13-25)37-34(44)29(21-27-23-45-24-35-27)36-31(41)16-17-32(42)39(3)19-18-38(2)22-26-14-9-6-10-15-26/h1,6,9-10,14-15,23-25,28-30,33,40,43H,5,7-8,11-13,16-22H2,2-3H3,(H,36,41)(H,37,44)/t28-,29-,30-,33+/m0/s1. The zero-order valence-corrected chi connectivity index (χ0v) is 27.4. The summed E-state index contributed by atoms with van der Waals surface area (Å²) in [4.78, 5) is 47.4. The monoisotopic (exact) mass is 639 g/mol. The van der Waals surface area contributed by atoms with Gasteiger partial charge in [-0.05, 0) is 24.9 Å². The third-order valence-electron chi connectivity index (χ3n) is 8.43. The van der Waals surface area contributed by atoms with Gasteiger partial charge < -0.3 is 30.6 Å². The highest BCUT2D eigenvalue weighted by Crippen LogP contribution is 2.28. The Morgan fingerprint density at radius 3 is 2.47 bits per heavy atom. The van der Waals surface area contributed by atoms with Crippen LogP contribution in [0.3, 0.4) is 0 Å². The van der Waals surface area contributed by atoms with E-state index in [2.05, 4.69) is 38.6 Å². The van der Waals surface area contributed by atoms with Crippen LogP contribution in [0.2, 0.25) is 0 Å². The Balaban J connectivity index is 1.56. The molecule has 0 saturated heterocycles. The van der Waals surface area contributed by atoms with Gasteiger partial charge in [0.15, 0.2) is 0 Å². The summed E-state index contributed by atoms with van der Waals surface area (Å²) in [7, 11) is 3.72. The Bertz CT molecular complexity index is 1220. The van der Waals surface area contributed by atoms with E-state index in [-0.39, 0.29) is 31.6 Å². The van der Waals surface area contributed by atoms with E-state index in [0.29, 0.717) is 31.1 Å². The normalized spacial score (nSPS) is 16.3. The molecule has 10 nitrogen and oxygen atoms in total. The van der Waals surface area contributed by atoms with Crippen molar-refractivity contribution in [2.45, 2.75) is 95.0 Å². The largest absolute Gasteiger partial charge is 0.389 e. The first-order chi connectivity index (χ1) is 21.7. The van der Waals surface area contributed by atoms with Crippen LogP contribution in [0.4, 0.5) is 0 Å². The third-order valence-corrected chi connectivity index (χ3v) is 9.06. The second-order valence-corrected chi connectivity index (χ2v) is 12.9. The van der Waals surface area contributed by atoms with Gasteiger partial charge in [0.25, 0.3) is 0 Å². The van der Waals surface area contributed by atoms with E-state index < -0.39 is 36.1 Å². The molecule has 1 fully saturated rings. The summed E-state index contributed by atoms with van der Waals surface area (Å²) in [6, 6.07) is 8.41. The molecule has 1 saturated carbocycles. The molecule has 1 aromatic carbocycles. The molecule has 1 heterocycles. The van der Waals surface area contributed by atoms with Gasteiger partial charge in [-0.2, -0.15) is 0 Å². The fraction of sp³-hybridized carbons (Fsp3) is 0.588. The van der Waals surface area contributed by atoms with Crippen LogP contribution >= 0.6 is 11.3 Å². The van der Waals surface area contributed by atoms with Crippen LogP contribution in [0.1, 0.15) is 69.0 Å². The van der Waals surface area contributed by atoms with Crippen molar-refractivity contribution in [1.82, 2.24) is 25.4 Å². The number of likely N-dealkylation sites (N-methyl/N-ethyl adjacent to an activating group) is 2. The molecule has 0 unspecified atom stereocenters. The molecule has 3 rings (SSSR count). The van der Waals surface area contributed by atoms with Crippen LogP contribution in [-0.4, -0.2) is 94.2 Å². The van der Waals surface area contributed by atoms with E-state index in [9.17, 15) is 24.6 Å². The zero-order chi connectivity index (χ0) is 32.6. The number of terminal acetylenes is 1. The first-order valence-corrected chi connectivity index (χ1v) is 16.8. The van der Waals surface area contributed by atoms with Gasteiger partial charge in [0.05, 0.1) is 23.4 Å². The maximum absolute atomic E-state index is 13.6. The number of thiazole rings is 1. The molecule has 0 bridgehead atoms. The van der Waals surface area contributed by atoms with Crippen LogP contribution < -0.4 is 10.6 Å². The number of rotatable bonds is 18. The molecule has 1 aliphatic rings. The van der Waals surface area contributed by atoms with E-state index in [1.165, 1.54) is 23.3 Å². The first kappa shape index (κ1) is 36.2. The predicted molar refractivity (Wildman–Crippen MR) is 176 cm³/mol.